The van der Waals surface area contributed by atoms with Gasteiger partial charge >= 0.3 is 158 Å². The second kappa shape index (κ2) is 15.4. The van der Waals surface area contributed by atoms with Crippen molar-refractivity contribution in [2.75, 3.05) is 19.4 Å². The number of rotatable bonds is 19. The van der Waals surface area contributed by atoms with E-state index in [4.69, 9.17) is 4.52 Å². The summed E-state index contributed by atoms with van der Waals surface area (Å²) in [6, 6.07) is 0. The molecule has 0 unspecified atom stereocenters. The first-order valence-electron chi connectivity index (χ1n) is 11.0. The Hall–Kier alpha value is 0.310. The van der Waals surface area contributed by atoms with Gasteiger partial charge in [0.25, 0.3) is 0 Å². The zero-order valence-electron chi connectivity index (χ0n) is 17.5. The molecule has 154 valence electrons. The van der Waals surface area contributed by atoms with Gasteiger partial charge in [0.1, 0.15) is 0 Å². The molecule has 0 rings (SSSR count). The first-order chi connectivity index (χ1) is 12.0. The fraction of sp³-hybridized carbons (Fsp3) is 1.00. The Morgan fingerprint density at radius 1 is 0.520 bits per heavy atom. The summed E-state index contributed by atoms with van der Waals surface area (Å²) < 4.78 is 5.29. The van der Waals surface area contributed by atoms with Gasteiger partial charge in [0, 0.05) is 0 Å². The summed E-state index contributed by atoms with van der Waals surface area (Å²) in [5.41, 5.74) is 0. The van der Waals surface area contributed by atoms with Gasteiger partial charge < -0.3 is 0 Å². The second-order valence-electron chi connectivity index (χ2n) is 7.88. The predicted molar refractivity (Wildman–Crippen MR) is 113 cm³/mol. The third-order valence-corrected chi connectivity index (χ3v) is 8.62. The van der Waals surface area contributed by atoms with E-state index in [-0.39, 0.29) is 0 Å². The fourth-order valence-electron chi connectivity index (χ4n) is 3.42. The van der Waals surface area contributed by atoms with Crippen molar-refractivity contribution < 1.29 is 14.3 Å². The Bertz CT molecular complexity index is 271. The number of hydrogen-bond acceptors (Lipinski definition) is 3. The molecular formula is C21H47O3P. The van der Waals surface area contributed by atoms with Crippen LogP contribution in [0.1, 0.15) is 117 Å². The van der Waals surface area contributed by atoms with Gasteiger partial charge in [-0.15, -0.1) is 0 Å². The summed E-state index contributed by atoms with van der Waals surface area (Å²) in [7, 11) is -2.38. The molecule has 4 heteroatoms. The molecule has 0 atom stereocenters. The van der Waals surface area contributed by atoms with Crippen LogP contribution in [0.15, 0.2) is 0 Å². The van der Waals surface area contributed by atoms with E-state index in [1.54, 1.807) is 0 Å². The average Bonchev–Trinajstić information content (AvgIpc) is 2.60. The van der Waals surface area contributed by atoms with Crippen LogP contribution in [0.4, 0.5) is 0 Å². The summed E-state index contributed by atoms with van der Waals surface area (Å²) >= 11 is 0. The van der Waals surface area contributed by atoms with Crippen molar-refractivity contribution in [1.82, 2.24) is 0 Å². The van der Waals surface area contributed by atoms with Gasteiger partial charge in [-0.2, -0.15) is 0 Å². The molecule has 0 saturated carbocycles. The molecule has 0 saturated heterocycles. The van der Waals surface area contributed by atoms with Crippen molar-refractivity contribution in [3.63, 3.8) is 0 Å². The van der Waals surface area contributed by atoms with Crippen molar-refractivity contribution in [3.05, 3.63) is 0 Å². The van der Waals surface area contributed by atoms with Gasteiger partial charge in [-0.25, -0.2) is 0 Å². The third-order valence-electron chi connectivity index (χ3n) is 5.34. The Labute approximate surface area is 158 Å². The molecule has 0 aromatic rings. The minimum atomic E-state index is -3.86. The molecule has 0 bridgehead atoms. The van der Waals surface area contributed by atoms with Gasteiger partial charge in [-0.1, -0.05) is 0 Å². The topological polar surface area (TPSA) is 49.7 Å². The van der Waals surface area contributed by atoms with Crippen LogP contribution in [0.3, 0.4) is 0 Å². The van der Waals surface area contributed by atoms with E-state index in [9.17, 15) is 9.79 Å². The van der Waals surface area contributed by atoms with Crippen LogP contribution in [-0.4, -0.2) is 29.2 Å². The first-order valence-corrected chi connectivity index (χ1v) is 13.5. The van der Waals surface area contributed by atoms with E-state index in [1.165, 1.54) is 84.2 Å². The molecule has 0 radical (unpaired) electrons. The quantitative estimate of drug-likeness (QED) is 0.185. The van der Waals surface area contributed by atoms with E-state index >= 15 is 0 Å². The van der Waals surface area contributed by atoms with Crippen molar-refractivity contribution in [2.45, 2.75) is 117 Å². The van der Waals surface area contributed by atoms with E-state index in [0.717, 1.165) is 25.7 Å². The molecule has 0 aromatic carbocycles. The molecule has 0 fully saturated rings. The normalized spacial score (nSPS) is 13.7. The van der Waals surface area contributed by atoms with Crippen LogP contribution >= 0.6 is 7.28 Å². The van der Waals surface area contributed by atoms with E-state index in [2.05, 4.69) is 13.8 Å². The van der Waals surface area contributed by atoms with Crippen LogP contribution in [0.5, 0.6) is 0 Å². The van der Waals surface area contributed by atoms with Gasteiger partial charge in [-0.05, 0) is 0 Å². The minimum absolute atomic E-state index is 0.452. The molecule has 25 heavy (non-hydrogen) atoms. The average molecular weight is 379 g/mol. The first kappa shape index (κ1) is 25.3. The van der Waals surface area contributed by atoms with Gasteiger partial charge in [0.15, 0.2) is 0 Å². The molecule has 0 spiro atoms. The molecule has 0 aliphatic heterocycles. The summed E-state index contributed by atoms with van der Waals surface area (Å²) in [5, 5.41) is 0. The molecule has 0 amide bonds. The van der Waals surface area contributed by atoms with E-state index in [0.29, 0.717) is 12.3 Å². The second-order valence-corrected chi connectivity index (χ2v) is 11.7. The fourth-order valence-corrected chi connectivity index (χ4v) is 5.73. The molecule has 0 aliphatic carbocycles. The van der Waals surface area contributed by atoms with Crippen molar-refractivity contribution in [1.29, 1.82) is 0 Å². The standard InChI is InChI=1S/C21H47O3P/c1-4-6-8-10-12-14-16-18-20-25(22,23,24-3)21-19-17-15-13-11-9-7-5-2/h22-23H,4-21H2,1-3H3. The monoisotopic (exact) mass is 378 g/mol. The van der Waals surface area contributed by atoms with Crippen LogP contribution in [-0.2, 0) is 4.52 Å². The van der Waals surface area contributed by atoms with E-state index < -0.39 is 7.28 Å². The maximum atomic E-state index is 10.7. The van der Waals surface area contributed by atoms with Crippen molar-refractivity contribution in [3.8, 4) is 0 Å². The summed E-state index contributed by atoms with van der Waals surface area (Å²) in [4.78, 5) is 21.4. The molecule has 2 N–H and O–H groups in total. The Balaban J connectivity index is 3.75. The zero-order chi connectivity index (χ0) is 18.9. The van der Waals surface area contributed by atoms with Crippen LogP contribution in [0.2, 0.25) is 0 Å². The van der Waals surface area contributed by atoms with Gasteiger partial charge in [0.05, 0.1) is 0 Å². The SMILES string of the molecule is CCCCCCCCCCP(O)(O)(CCCCCCCCCC)OC. The van der Waals surface area contributed by atoms with Crippen LogP contribution in [0.25, 0.3) is 0 Å². The summed E-state index contributed by atoms with van der Waals surface area (Å²) in [6.45, 7) is 4.48. The van der Waals surface area contributed by atoms with Crippen LogP contribution in [0, 0.1) is 0 Å². The number of unbranched alkanes of at least 4 members (excludes halogenated alkanes) is 14. The molecule has 0 aromatic heterocycles. The molecular weight excluding hydrogens is 331 g/mol. The molecule has 0 heterocycles. The Kier molecular flexibility index (Phi) is 15.6. The third kappa shape index (κ3) is 15.1. The van der Waals surface area contributed by atoms with Crippen molar-refractivity contribution >= 4 is 7.28 Å². The van der Waals surface area contributed by atoms with Gasteiger partial charge in [-0.3, -0.25) is 0 Å². The summed E-state index contributed by atoms with van der Waals surface area (Å²) in [6.07, 6.45) is 20.4. The maximum absolute atomic E-state index is 10.7. The van der Waals surface area contributed by atoms with Crippen LogP contribution < -0.4 is 0 Å². The molecule has 0 aliphatic rings. The zero-order valence-corrected chi connectivity index (χ0v) is 18.4. The van der Waals surface area contributed by atoms with Crippen molar-refractivity contribution in [2.24, 2.45) is 0 Å². The predicted octanol–water partition coefficient (Wildman–Crippen LogP) is 7.20. The molecule has 3 nitrogen and oxygen atoms in total. The Morgan fingerprint density at radius 2 is 0.800 bits per heavy atom. The summed E-state index contributed by atoms with van der Waals surface area (Å²) in [5.74, 6) is 0. The Morgan fingerprint density at radius 3 is 1.08 bits per heavy atom. The van der Waals surface area contributed by atoms with E-state index in [1.807, 2.05) is 0 Å². The number of hydrogen-bond donors (Lipinski definition) is 2. The van der Waals surface area contributed by atoms with Gasteiger partial charge in [0.2, 0.25) is 0 Å².